The largest absolute Gasteiger partial charge is 0.493 e. The van der Waals surface area contributed by atoms with Crippen LogP contribution in [0.2, 0.25) is 0 Å². The summed E-state index contributed by atoms with van der Waals surface area (Å²) in [6.45, 7) is 3.40. The first-order valence-corrected chi connectivity index (χ1v) is 9.50. The molecule has 0 fully saturated rings. The molecule has 0 bridgehead atoms. The number of nitrogens with one attached hydrogen (secondary N) is 2. The molecule has 2 aromatic carbocycles. The SMILES string of the molecule is CCOc1ccc(C(=O)NC(=S)Nc2cccc(OCCOC)c2)cc1Br. The quantitative estimate of drug-likeness (QED) is 0.465. The minimum absolute atomic E-state index is 0.194. The van der Waals surface area contributed by atoms with E-state index in [-0.39, 0.29) is 11.0 Å². The van der Waals surface area contributed by atoms with E-state index in [9.17, 15) is 4.79 Å². The van der Waals surface area contributed by atoms with Crippen LogP contribution in [0.3, 0.4) is 0 Å². The molecule has 144 valence electrons. The molecule has 0 heterocycles. The molecule has 0 aromatic heterocycles. The molecule has 27 heavy (non-hydrogen) atoms. The zero-order valence-corrected chi connectivity index (χ0v) is 17.5. The normalized spacial score (nSPS) is 10.2. The number of hydrogen-bond acceptors (Lipinski definition) is 5. The van der Waals surface area contributed by atoms with E-state index >= 15 is 0 Å². The van der Waals surface area contributed by atoms with Gasteiger partial charge in [0.2, 0.25) is 0 Å². The van der Waals surface area contributed by atoms with E-state index in [1.54, 1.807) is 31.4 Å². The Hall–Kier alpha value is -2.16. The van der Waals surface area contributed by atoms with Gasteiger partial charge in [-0.3, -0.25) is 10.1 Å². The van der Waals surface area contributed by atoms with E-state index in [0.29, 0.717) is 47.0 Å². The predicted molar refractivity (Wildman–Crippen MR) is 113 cm³/mol. The van der Waals surface area contributed by atoms with Gasteiger partial charge in [0.25, 0.3) is 5.91 Å². The molecule has 2 N–H and O–H groups in total. The van der Waals surface area contributed by atoms with Gasteiger partial charge in [-0.1, -0.05) is 6.07 Å². The van der Waals surface area contributed by atoms with E-state index in [4.69, 9.17) is 26.4 Å². The van der Waals surface area contributed by atoms with Gasteiger partial charge in [-0.25, -0.2) is 0 Å². The van der Waals surface area contributed by atoms with Crippen molar-refractivity contribution in [2.75, 3.05) is 32.2 Å². The number of methoxy groups -OCH3 is 1. The van der Waals surface area contributed by atoms with Crippen LogP contribution in [-0.4, -0.2) is 38.0 Å². The number of anilines is 1. The van der Waals surface area contributed by atoms with Crippen LogP contribution < -0.4 is 20.1 Å². The smallest absolute Gasteiger partial charge is 0.257 e. The number of amides is 1. The van der Waals surface area contributed by atoms with Gasteiger partial charge in [0.1, 0.15) is 18.1 Å². The van der Waals surface area contributed by atoms with Crippen LogP contribution in [0, 0.1) is 0 Å². The Balaban J connectivity index is 1.94. The van der Waals surface area contributed by atoms with Gasteiger partial charge in [-0.05, 0) is 65.4 Å². The monoisotopic (exact) mass is 452 g/mol. The molecule has 2 rings (SSSR count). The van der Waals surface area contributed by atoms with Gasteiger partial charge in [0.05, 0.1) is 17.7 Å². The van der Waals surface area contributed by atoms with Crippen molar-refractivity contribution in [1.29, 1.82) is 0 Å². The third kappa shape index (κ3) is 6.82. The highest BCUT2D eigenvalue weighted by molar-refractivity contribution is 9.10. The number of carbonyl (C=O) groups is 1. The van der Waals surface area contributed by atoms with Crippen molar-refractivity contribution in [3.63, 3.8) is 0 Å². The van der Waals surface area contributed by atoms with Crippen molar-refractivity contribution in [2.45, 2.75) is 6.92 Å². The summed E-state index contributed by atoms with van der Waals surface area (Å²) in [5.74, 6) is 1.05. The van der Waals surface area contributed by atoms with Gasteiger partial charge in [0, 0.05) is 24.4 Å². The van der Waals surface area contributed by atoms with Crippen LogP contribution in [0.5, 0.6) is 11.5 Å². The lowest BCUT2D eigenvalue weighted by atomic mass is 10.2. The minimum Gasteiger partial charge on any atom is -0.493 e. The molecule has 0 aliphatic heterocycles. The van der Waals surface area contributed by atoms with E-state index in [2.05, 4.69) is 26.6 Å². The fourth-order valence-corrected chi connectivity index (χ4v) is 2.86. The first-order chi connectivity index (χ1) is 13.0. The topological polar surface area (TPSA) is 68.8 Å². The summed E-state index contributed by atoms with van der Waals surface area (Å²) in [7, 11) is 1.62. The Bertz CT molecular complexity index is 801. The predicted octanol–water partition coefficient (Wildman–Crippen LogP) is 4.00. The molecule has 0 atom stereocenters. The highest BCUT2D eigenvalue weighted by atomic mass is 79.9. The Labute approximate surface area is 172 Å². The summed E-state index contributed by atoms with van der Waals surface area (Å²) >= 11 is 8.62. The van der Waals surface area contributed by atoms with Crippen molar-refractivity contribution >= 4 is 44.9 Å². The summed E-state index contributed by atoms with van der Waals surface area (Å²) in [5.41, 5.74) is 1.18. The Morgan fingerprint density at radius 3 is 2.67 bits per heavy atom. The van der Waals surface area contributed by atoms with Gasteiger partial charge in [0.15, 0.2) is 5.11 Å². The van der Waals surface area contributed by atoms with Crippen molar-refractivity contribution in [2.24, 2.45) is 0 Å². The van der Waals surface area contributed by atoms with Crippen LogP contribution in [0.1, 0.15) is 17.3 Å². The third-order valence-electron chi connectivity index (χ3n) is 3.37. The first-order valence-electron chi connectivity index (χ1n) is 8.30. The lowest BCUT2D eigenvalue weighted by Crippen LogP contribution is -2.34. The molecule has 1 amide bonds. The fourth-order valence-electron chi connectivity index (χ4n) is 2.16. The third-order valence-corrected chi connectivity index (χ3v) is 4.19. The summed E-state index contributed by atoms with van der Waals surface area (Å²) in [5, 5.41) is 5.82. The molecule has 0 aliphatic rings. The molecular formula is C19H21BrN2O4S. The maximum Gasteiger partial charge on any atom is 0.257 e. The molecular weight excluding hydrogens is 432 g/mol. The van der Waals surface area contributed by atoms with E-state index in [1.807, 2.05) is 25.1 Å². The summed E-state index contributed by atoms with van der Waals surface area (Å²) < 4.78 is 16.7. The number of ether oxygens (including phenoxy) is 3. The van der Waals surface area contributed by atoms with Crippen LogP contribution in [-0.2, 0) is 4.74 Å². The maximum absolute atomic E-state index is 12.4. The Morgan fingerprint density at radius 1 is 1.15 bits per heavy atom. The average Bonchev–Trinajstić information content (AvgIpc) is 2.64. The van der Waals surface area contributed by atoms with Crippen molar-refractivity contribution < 1.29 is 19.0 Å². The zero-order chi connectivity index (χ0) is 19.6. The average molecular weight is 453 g/mol. The van der Waals surface area contributed by atoms with Gasteiger partial charge in [-0.15, -0.1) is 0 Å². The van der Waals surface area contributed by atoms with Crippen LogP contribution in [0.25, 0.3) is 0 Å². The maximum atomic E-state index is 12.4. The molecule has 8 heteroatoms. The molecule has 0 aliphatic carbocycles. The molecule has 2 aromatic rings. The second-order valence-corrected chi connectivity index (χ2v) is 6.62. The van der Waals surface area contributed by atoms with Crippen molar-refractivity contribution in [3.8, 4) is 11.5 Å². The highest BCUT2D eigenvalue weighted by Gasteiger charge is 2.11. The summed E-state index contributed by atoms with van der Waals surface area (Å²) in [6, 6.07) is 12.4. The second-order valence-electron chi connectivity index (χ2n) is 5.36. The van der Waals surface area contributed by atoms with Crippen LogP contribution >= 0.6 is 28.1 Å². The van der Waals surface area contributed by atoms with E-state index in [1.165, 1.54) is 0 Å². The number of benzene rings is 2. The number of rotatable bonds is 8. The highest BCUT2D eigenvalue weighted by Crippen LogP contribution is 2.26. The Morgan fingerprint density at radius 2 is 1.96 bits per heavy atom. The standard InChI is InChI=1S/C19H21BrN2O4S/c1-3-25-17-8-7-13(11-16(17)20)18(23)22-19(27)21-14-5-4-6-15(12-14)26-10-9-24-2/h4-8,11-12H,3,9-10H2,1-2H3,(H2,21,22,23,27). The summed E-state index contributed by atoms with van der Waals surface area (Å²) in [6.07, 6.45) is 0. The number of carbonyl (C=O) groups excluding carboxylic acids is 1. The summed E-state index contributed by atoms with van der Waals surface area (Å²) in [4.78, 5) is 12.4. The fraction of sp³-hybridized carbons (Fsp3) is 0.263. The molecule has 0 saturated heterocycles. The second kappa shape index (κ2) is 10.9. The Kier molecular flexibility index (Phi) is 8.50. The number of halogens is 1. The van der Waals surface area contributed by atoms with Crippen LogP contribution in [0.15, 0.2) is 46.9 Å². The van der Waals surface area contributed by atoms with Gasteiger partial charge < -0.3 is 19.5 Å². The lowest BCUT2D eigenvalue weighted by molar-refractivity contribution is 0.0977. The van der Waals surface area contributed by atoms with Crippen LogP contribution in [0.4, 0.5) is 5.69 Å². The first kappa shape index (κ1) is 21.1. The van der Waals surface area contributed by atoms with Crippen molar-refractivity contribution in [1.82, 2.24) is 5.32 Å². The molecule has 6 nitrogen and oxygen atoms in total. The lowest BCUT2D eigenvalue weighted by Gasteiger charge is -2.12. The molecule has 0 radical (unpaired) electrons. The van der Waals surface area contributed by atoms with Gasteiger partial charge >= 0.3 is 0 Å². The number of thiocarbonyl (C=S) groups is 1. The minimum atomic E-state index is -0.316. The van der Waals surface area contributed by atoms with Gasteiger partial charge in [-0.2, -0.15) is 0 Å². The molecule has 0 unspecified atom stereocenters. The molecule has 0 saturated carbocycles. The van der Waals surface area contributed by atoms with E-state index in [0.717, 1.165) is 0 Å². The van der Waals surface area contributed by atoms with E-state index < -0.39 is 0 Å². The van der Waals surface area contributed by atoms with Crippen molar-refractivity contribution in [3.05, 3.63) is 52.5 Å². The zero-order valence-electron chi connectivity index (χ0n) is 15.1. The number of hydrogen-bond donors (Lipinski definition) is 2. The molecule has 0 spiro atoms.